The van der Waals surface area contributed by atoms with Crippen molar-refractivity contribution in [3.63, 3.8) is 0 Å². The second-order valence-corrected chi connectivity index (χ2v) is 7.55. The van der Waals surface area contributed by atoms with E-state index < -0.39 is 0 Å². The number of nitrogens with zero attached hydrogens (tertiary/aromatic N) is 1. The molecular weight excluding hydrogens is 318 g/mol. The molecule has 0 radical (unpaired) electrons. The highest BCUT2D eigenvalue weighted by Gasteiger charge is 2.25. The number of hydrogen-bond donors (Lipinski definition) is 2. The largest absolute Gasteiger partial charge is 0.497 e. The van der Waals surface area contributed by atoms with E-state index in [1.165, 1.54) is 0 Å². The van der Waals surface area contributed by atoms with Crippen molar-refractivity contribution >= 4 is 11.9 Å². The molecule has 1 aromatic carbocycles. The lowest BCUT2D eigenvalue weighted by molar-refractivity contribution is 0.0937. The molecule has 6 nitrogen and oxygen atoms in total. The summed E-state index contributed by atoms with van der Waals surface area (Å²) in [7, 11) is 1.60. The molecule has 0 spiro atoms. The minimum Gasteiger partial charge on any atom is -0.497 e. The van der Waals surface area contributed by atoms with Gasteiger partial charge in [0.1, 0.15) is 5.75 Å². The molecule has 1 saturated heterocycles. The van der Waals surface area contributed by atoms with Crippen LogP contribution in [-0.2, 0) is 0 Å². The molecule has 0 aromatic heterocycles. The number of piperidine rings is 1. The van der Waals surface area contributed by atoms with Gasteiger partial charge in [-0.3, -0.25) is 4.79 Å². The maximum Gasteiger partial charge on any atom is 0.317 e. The lowest BCUT2D eigenvalue weighted by Gasteiger charge is -2.34. The quantitative estimate of drug-likeness (QED) is 0.880. The Morgan fingerprint density at radius 3 is 2.28 bits per heavy atom. The smallest absolute Gasteiger partial charge is 0.317 e. The topological polar surface area (TPSA) is 70.7 Å². The minimum atomic E-state index is -0.222. The van der Waals surface area contributed by atoms with E-state index in [2.05, 4.69) is 10.6 Å². The molecule has 138 valence electrons. The van der Waals surface area contributed by atoms with Gasteiger partial charge >= 0.3 is 6.03 Å². The van der Waals surface area contributed by atoms with Crippen molar-refractivity contribution in [2.75, 3.05) is 26.7 Å². The van der Waals surface area contributed by atoms with Gasteiger partial charge in [-0.15, -0.1) is 0 Å². The average molecular weight is 347 g/mol. The standard InChI is InChI=1S/C19H29N3O3/c1-19(2,3)21-18(24)22-11-9-14(10-12-22)13-20-17(23)15-5-7-16(25-4)8-6-15/h5-8,14H,9-13H2,1-4H3,(H,20,23)(H,21,24). The van der Waals surface area contributed by atoms with Crippen molar-refractivity contribution in [2.24, 2.45) is 5.92 Å². The zero-order chi connectivity index (χ0) is 18.4. The molecule has 1 heterocycles. The third-order valence-electron chi connectivity index (χ3n) is 4.29. The first kappa shape index (κ1) is 19.1. The second kappa shape index (κ2) is 8.23. The van der Waals surface area contributed by atoms with Crippen LogP contribution in [0.15, 0.2) is 24.3 Å². The van der Waals surface area contributed by atoms with E-state index in [9.17, 15) is 9.59 Å². The average Bonchev–Trinajstić information content (AvgIpc) is 2.58. The monoisotopic (exact) mass is 347 g/mol. The van der Waals surface area contributed by atoms with Crippen LogP contribution in [0, 0.1) is 5.92 Å². The molecule has 0 saturated carbocycles. The van der Waals surface area contributed by atoms with Gasteiger partial charge in [-0.05, 0) is 63.8 Å². The van der Waals surface area contributed by atoms with Gasteiger partial charge in [-0.1, -0.05) is 0 Å². The Balaban J connectivity index is 1.74. The highest BCUT2D eigenvalue weighted by Crippen LogP contribution is 2.17. The third-order valence-corrected chi connectivity index (χ3v) is 4.29. The number of methoxy groups -OCH3 is 1. The van der Waals surface area contributed by atoms with Crippen molar-refractivity contribution in [1.29, 1.82) is 0 Å². The van der Waals surface area contributed by atoms with E-state index >= 15 is 0 Å². The van der Waals surface area contributed by atoms with Crippen LogP contribution in [0.5, 0.6) is 5.75 Å². The molecule has 0 atom stereocenters. The second-order valence-electron chi connectivity index (χ2n) is 7.55. The number of likely N-dealkylation sites (tertiary alicyclic amines) is 1. The fourth-order valence-corrected chi connectivity index (χ4v) is 2.82. The van der Waals surface area contributed by atoms with E-state index in [-0.39, 0.29) is 17.5 Å². The van der Waals surface area contributed by atoms with Gasteiger partial charge in [0, 0.05) is 30.7 Å². The van der Waals surface area contributed by atoms with Crippen molar-refractivity contribution in [3.8, 4) is 5.75 Å². The molecule has 1 aromatic rings. The first-order valence-electron chi connectivity index (χ1n) is 8.78. The van der Waals surface area contributed by atoms with Gasteiger partial charge in [-0.2, -0.15) is 0 Å². The van der Waals surface area contributed by atoms with Gasteiger partial charge in [-0.25, -0.2) is 4.79 Å². The van der Waals surface area contributed by atoms with Crippen molar-refractivity contribution in [3.05, 3.63) is 29.8 Å². The molecule has 2 rings (SSSR count). The molecule has 1 aliphatic rings. The Labute approximate surface area is 149 Å². The lowest BCUT2D eigenvalue weighted by Crippen LogP contribution is -2.51. The Hall–Kier alpha value is -2.24. The number of urea groups is 1. The summed E-state index contributed by atoms with van der Waals surface area (Å²) in [6.45, 7) is 8.03. The van der Waals surface area contributed by atoms with Gasteiger partial charge in [0.25, 0.3) is 5.91 Å². The number of amides is 3. The molecule has 1 fully saturated rings. The molecule has 2 N–H and O–H groups in total. The number of rotatable bonds is 4. The summed E-state index contributed by atoms with van der Waals surface area (Å²) >= 11 is 0. The maximum absolute atomic E-state index is 12.2. The van der Waals surface area contributed by atoms with Crippen molar-refractivity contribution < 1.29 is 14.3 Å². The summed E-state index contributed by atoms with van der Waals surface area (Å²) in [5.41, 5.74) is 0.406. The van der Waals surface area contributed by atoms with E-state index in [4.69, 9.17) is 4.74 Å². The molecular formula is C19H29N3O3. The highest BCUT2D eigenvalue weighted by atomic mass is 16.5. The van der Waals surface area contributed by atoms with E-state index in [0.717, 1.165) is 31.7 Å². The molecule has 25 heavy (non-hydrogen) atoms. The molecule has 6 heteroatoms. The highest BCUT2D eigenvalue weighted by molar-refractivity contribution is 5.94. The number of benzene rings is 1. The Bertz CT molecular complexity index is 585. The summed E-state index contributed by atoms with van der Waals surface area (Å²) in [6.07, 6.45) is 1.81. The van der Waals surface area contributed by atoms with Crippen LogP contribution < -0.4 is 15.4 Å². The summed E-state index contributed by atoms with van der Waals surface area (Å²) in [5.74, 6) is 1.06. The van der Waals surface area contributed by atoms with Crippen molar-refractivity contribution in [2.45, 2.75) is 39.2 Å². The number of hydrogen-bond acceptors (Lipinski definition) is 3. The lowest BCUT2D eigenvalue weighted by atomic mass is 9.96. The number of nitrogens with one attached hydrogen (secondary N) is 2. The first-order valence-corrected chi connectivity index (χ1v) is 8.78. The van der Waals surface area contributed by atoms with E-state index in [1.807, 2.05) is 25.7 Å². The van der Waals surface area contributed by atoms with E-state index in [0.29, 0.717) is 18.0 Å². The van der Waals surface area contributed by atoms with Crippen LogP contribution >= 0.6 is 0 Å². The van der Waals surface area contributed by atoms with Crippen LogP contribution in [0.4, 0.5) is 4.79 Å². The summed E-state index contributed by atoms with van der Waals surface area (Å²) < 4.78 is 5.09. The van der Waals surface area contributed by atoms with Crippen molar-refractivity contribution in [1.82, 2.24) is 15.5 Å². The molecule has 0 aliphatic carbocycles. The summed E-state index contributed by atoms with van der Waals surface area (Å²) in [5, 5.41) is 5.98. The summed E-state index contributed by atoms with van der Waals surface area (Å²) in [6, 6.07) is 7.07. The van der Waals surface area contributed by atoms with Gasteiger partial charge in [0.05, 0.1) is 7.11 Å². The zero-order valence-electron chi connectivity index (χ0n) is 15.6. The first-order chi connectivity index (χ1) is 11.8. The summed E-state index contributed by atoms with van der Waals surface area (Å²) in [4.78, 5) is 26.2. The predicted octanol–water partition coefficient (Wildman–Crippen LogP) is 2.65. The van der Waals surface area contributed by atoms with Crippen LogP contribution in [-0.4, -0.2) is 49.1 Å². The van der Waals surface area contributed by atoms with Gasteiger partial charge in [0.15, 0.2) is 0 Å². The molecule has 0 bridgehead atoms. The van der Waals surface area contributed by atoms with Crippen LogP contribution in [0.2, 0.25) is 0 Å². The van der Waals surface area contributed by atoms with Crippen LogP contribution in [0.1, 0.15) is 44.0 Å². The molecule has 0 unspecified atom stereocenters. The molecule has 3 amide bonds. The van der Waals surface area contributed by atoms with Gasteiger partial charge < -0.3 is 20.3 Å². The Morgan fingerprint density at radius 1 is 1.16 bits per heavy atom. The zero-order valence-corrected chi connectivity index (χ0v) is 15.6. The SMILES string of the molecule is COc1ccc(C(=O)NCC2CCN(C(=O)NC(C)(C)C)CC2)cc1. The maximum atomic E-state index is 12.2. The minimum absolute atomic E-state index is 0.00628. The number of carbonyl (C=O) groups excluding carboxylic acids is 2. The fraction of sp³-hybridized carbons (Fsp3) is 0.579. The van der Waals surface area contributed by atoms with Crippen LogP contribution in [0.25, 0.3) is 0 Å². The third kappa shape index (κ3) is 5.96. The van der Waals surface area contributed by atoms with E-state index in [1.54, 1.807) is 31.4 Å². The Kier molecular flexibility index (Phi) is 6.28. The predicted molar refractivity (Wildman–Crippen MR) is 97.9 cm³/mol. The van der Waals surface area contributed by atoms with Gasteiger partial charge in [0.2, 0.25) is 0 Å². The molecule has 1 aliphatic heterocycles. The Morgan fingerprint density at radius 2 is 1.76 bits per heavy atom. The fourth-order valence-electron chi connectivity index (χ4n) is 2.82. The normalized spacial score (nSPS) is 15.6. The number of ether oxygens (including phenoxy) is 1. The number of carbonyl (C=O) groups is 2. The van der Waals surface area contributed by atoms with Crippen LogP contribution in [0.3, 0.4) is 0 Å².